The fourth-order valence-corrected chi connectivity index (χ4v) is 3.21. The van der Waals surface area contributed by atoms with E-state index in [1.54, 1.807) is 0 Å². The van der Waals surface area contributed by atoms with E-state index in [1.165, 1.54) is 0 Å². The zero-order valence-electron chi connectivity index (χ0n) is 19.5. The minimum Gasteiger partial charge on any atom is -0.481 e. The second-order valence-electron chi connectivity index (χ2n) is 7.91. The lowest BCUT2D eigenvalue weighted by atomic mass is 9.94. The van der Waals surface area contributed by atoms with E-state index in [0.717, 1.165) is 25.8 Å². The van der Waals surface area contributed by atoms with Gasteiger partial charge in [-0.25, -0.2) is 14.4 Å². The standard InChI is InChI=1S/C20H31F3N4O9/c1-10(28)27-15-11(25)8-14(16(30)31)34-13(15)9-12(29)17(35-18(32)20(21,22)23)36-19(33)26-7-5-3-2-4-6-24/h8,11-13,15,17,29H,2-7,9,24-25H2,1H3,(H,26,33)(H,27,28)(H,30,31)/t11-,12?,13+,15+,17?/m0/s1. The summed E-state index contributed by atoms with van der Waals surface area (Å²) in [6, 6.07) is -2.24. The monoisotopic (exact) mass is 528 g/mol. The van der Waals surface area contributed by atoms with E-state index in [-0.39, 0.29) is 6.54 Å². The Kier molecular flexibility index (Phi) is 12.4. The number of hydrogen-bond donors (Lipinski definition) is 6. The average Bonchev–Trinajstić information content (AvgIpc) is 2.76. The van der Waals surface area contributed by atoms with Gasteiger partial charge in [0.2, 0.25) is 11.7 Å². The molecule has 206 valence electrons. The van der Waals surface area contributed by atoms with Crippen LogP contribution in [0.15, 0.2) is 11.8 Å². The first kappa shape index (κ1) is 30.9. The van der Waals surface area contributed by atoms with Crippen molar-refractivity contribution >= 4 is 23.9 Å². The molecular weight excluding hydrogens is 497 g/mol. The van der Waals surface area contributed by atoms with E-state index >= 15 is 0 Å². The molecule has 0 radical (unpaired) electrons. The number of halogens is 3. The number of alkyl halides is 3. The summed E-state index contributed by atoms with van der Waals surface area (Å²) in [5, 5.41) is 24.3. The van der Waals surface area contributed by atoms with Crippen LogP contribution in [0, 0.1) is 0 Å². The zero-order valence-corrected chi connectivity index (χ0v) is 19.5. The van der Waals surface area contributed by atoms with Gasteiger partial charge in [0.05, 0.1) is 12.1 Å². The molecule has 2 unspecified atom stereocenters. The molecule has 0 aromatic carbocycles. The summed E-state index contributed by atoms with van der Waals surface area (Å²) in [6.07, 6.45) is -9.72. The third kappa shape index (κ3) is 10.7. The number of nitrogens with one attached hydrogen (secondary N) is 2. The Labute approximate surface area is 204 Å². The van der Waals surface area contributed by atoms with Crippen LogP contribution in [0.25, 0.3) is 0 Å². The van der Waals surface area contributed by atoms with Crippen molar-refractivity contribution in [3.8, 4) is 0 Å². The molecule has 1 aliphatic heterocycles. The summed E-state index contributed by atoms with van der Waals surface area (Å²) in [7, 11) is 0. The van der Waals surface area contributed by atoms with Crippen molar-refractivity contribution in [2.75, 3.05) is 13.1 Å². The summed E-state index contributed by atoms with van der Waals surface area (Å²) in [4.78, 5) is 46.2. The number of carboxylic acids is 1. The molecule has 2 amide bonds. The molecule has 0 aromatic rings. The average molecular weight is 528 g/mol. The molecule has 8 N–H and O–H groups in total. The zero-order chi connectivity index (χ0) is 27.5. The van der Waals surface area contributed by atoms with Crippen LogP contribution in [0.4, 0.5) is 18.0 Å². The third-order valence-corrected chi connectivity index (χ3v) is 4.88. The van der Waals surface area contributed by atoms with Crippen LogP contribution in [0.1, 0.15) is 39.0 Å². The number of amides is 2. The number of nitrogens with two attached hydrogens (primary N) is 2. The van der Waals surface area contributed by atoms with Crippen molar-refractivity contribution in [1.29, 1.82) is 0 Å². The lowest BCUT2D eigenvalue weighted by Crippen LogP contribution is -2.57. The predicted octanol–water partition coefficient (Wildman–Crippen LogP) is -0.386. The molecule has 0 aromatic heterocycles. The van der Waals surface area contributed by atoms with Gasteiger partial charge in [0.25, 0.3) is 6.29 Å². The van der Waals surface area contributed by atoms with Gasteiger partial charge in [0.1, 0.15) is 12.2 Å². The number of carbonyl (C=O) groups is 4. The SMILES string of the molecule is CC(=O)N[C@@H]1[C@@H](N)C=C(C(=O)O)O[C@@H]1CC(O)C(OC(=O)NCCCCCCN)OC(=O)C(F)(F)F. The second-order valence-corrected chi connectivity index (χ2v) is 7.91. The van der Waals surface area contributed by atoms with Gasteiger partial charge in [-0.2, -0.15) is 13.2 Å². The highest BCUT2D eigenvalue weighted by Crippen LogP contribution is 2.25. The van der Waals surface area contributed by atoms with E-state index in [1.807, 2.05) is 0 Å². The van der Waals surface area contributed by atoms with Crippen molar-refractivity contribution in [1.82, 2.24) is 10.6 Å². The number of aliphatic carboxylic acids is 1. The number of aliphatic hydroxyl groups is 1. The van der Waals surface area contributed by atoms with Crippen LogP contribution in [0.2, 0.25) is 0 Å². The first-order valence-electron chi connectivity index (χ1n) is 11.0. The van der Waals surface area contributed by atoms with Crippen molar-refractivity contribution in [3.05, 3.63) is 11.8 Å². The lowest BCUT2D eigenvalue weighted by molar-refractivity contribution is -0.232. The molecule has 1 rings (SSSR count). The van der Waals surface area contributed by atoms with Crippen LogP contribution in [0.5, 0.6) is 0 Å². The van der Waals surface area contributed by atoms with Gasteiger partial charge in [0.15, 0.2) is 0 Å². The molecule has 0 saturated heterocycles. The molecule has 36 heavy (non-hydrogen) atoms. The van der Waals surface area contributed by atoms with Gasteiger partial charge in [0, 0.05) is 19.9 Å². The number of esters is 1. The van der Waals surface area contributed by atoms with Gasteiger partial charge >= 0.3 is 24.2 Å². The minimum atomic E-state index is -5.47. The second kappa shape index (κ2) is 14.4. The quantitative estimate of drug-likeness (QED) is 0.103. The Morgan fingerprint density at radius 1 is 1.17 bits per heavy atom. The number of hydrogen-bond acceptors (Lipinski definition) is 10. The Hall–Kier alpha value is -3.11. The van der Waals surface area contributed by atoms with Gasteiger partial charge < -0.3 is 46.5 Å². The van der Waals surface area contributed by atoms with Crippen LogP contribution >= 0.6 is 0 Å². The fraction of sp³-hybridized carbons (Fsp3) is 0.700. The third-order valence-electron chi connectivity index (χ3n) is 4.88. The van der Waals surface area contributed by atoms with Gasteiger partial charge in [-0.1, -0.05) is 12.8 Å². The highest BCUT2D eigenvalue weighted by atomic mass is 19.4. The summed E-state index contributed by atoms with van der Waals surface area (Å²) in [5.74, 6) is -5.52. The molecule has 0 bridgehead atoms. The number of unbranched alkanes of at least 4 members (excludes halogenated alkanes) is 3. The van der Waals surface area contributed by atoms with Crippen LogP contribution in [0.3, 0.4) is 0 Å². The molecule has 5 atom stereocenters. The number of carbonyl (C=O) groups excluding carboxylic acids is 3. The molecular formula is C20H31F3N4O9. The summed E-state index contributed by atoms with van der Waals surface area (Å²) < 4.78 is 52.3. The normalized spacial score (nSPS) is 21.3. The van der Waals surface area contributed by atoms with E-state index in [0.29, 0.717) is 19.4 Å². The van der Waals surface area contributed by atoms with Crippen LogP contribution in [-0.4, -0.2) is 84.0 Å². The Morgan fingerprint density at radius 3 is 2.36 bits per heavy atom. The minimum absolute atomic E-state index is 0.0808. The molecule has 16 heteroatoms. The molecule has 0 spiro atoms. The van der Waals surface area contributed by atoms with Crippen molar-refractivity contribution in [2.45, 2.75) is 75.8 Å². The summed E-state index contributed by atoms with van der Waals surface area (Å²) in [5.41, 5.74) is 11.2. The molecule has 0 saturated carbocycles. The van der Waals surface area contributed by atoms with Crippen molar-refractivity contribution < 1.29 is 56.8 Å². The lowest BCUT2D eigenvalue weighted by Gasteiger charge is -2.36. The van der Waals surface area contributed by atoms with E-state index in [4.69, 9.17) is 20.9 Å². The summed E-state index contributed by atoms with van der Waals surface area (Å²) >= 11 is 0. The Bertz CT molecular complexity index is 810. The van der Waals surface area contributed by atoms with Crippen molar-refractivity contribution in [2.24, 2.45) is 11.5 Å². The van der Waals surface area contributed by atoms with E-state index in [9.17, 15) is 42.6 Å². The largest absolute Gasteiger partial charge is 0.491 e. The van der Waals surface area contributed by atoms with Gasteiger partial charge in [-0.15, -0.1) is 0 Å². The topological polar surface area (TPSA) is 213 Å². The molecule has 1 aliphatic rings. The first-order valence-corrected chi connectivity index (χ1v) is 11.0. The van der Waals surface area contributed by atoms with Gasteiger partial charge in [-0.05, 0) is 25.5 Å². The maximum absolute atomic E-state index is 12.7. The number of alkyl carbamates (subject to hydrolysis) is 1. The first-order chi connectivity index (χ1) is 16.8. The Morgan fingerprint density at radius 2 is 1.81 bits per heavy atom. The number of carboxylic acid groups (broad SMARTS) is 1. The smallest absolute Gasteiger partial charge is 0.481 e. The molecule has 0 fully saturated rings. The highest BCUT2D eigenvalue weighted by Gasteiger charge is 2.45. The maximum Gasteiger partial charge on any atom is 0.491 e. The molecule has 13 nitrogen and oxygen atoms in total. The predicted molar refractivity (Wildman–Crippen MR) is 115 cm³/mol. The van der Waals surface area contributed by atoms with Crippen LogP contribution < -0.4 is 22.1 Å². The number of rotatable bonds is 13. The Balaban J connectivity index is 2.96. The van der Waals surface area contributed by atoms with E-state index < -0.39 is 72.9 Å². The number of aliphatic hydroxyl groups excluding tert-OH is 1. The number of ether oxygens (including phenoxy) is 3. The van der Waals surface area contributed by atoms with E-state index in [2.05, 4.69) is 15.4 Å². The van der Waals surface area contributed by atoms with Crippen molar-refractivity contribution in [3.63, 3.8) is 0 Å². The van der Waals surface area contributed by atoms with Crippen LogP contribution in [-0.2, 0) is 28.6 Å². The fourth-order valence-electron chi connectivity index (χ4n) is 3.21. The highest BCUT2D eigenvalue weighted by molar-refractivity contribution is 5.84. The van der Waals surface area contributed by atoms with Gasteiger partial charge in [-0.3, -0.25) is 4.79 Å². The summed E-state index contributed by atoms with van der Waals surface area (Å²) in [6.45, 7) is 1.70. The molecule has 0 aliphatic carbocycles. The molecule has 1 heterocycles. The maximum atomic E-state index is 12.7.